The number of thiazole rings is 1. The van der Waals surface area contributed by atoms with Gasteiger partial charge in [0.15, 0.2) is 5.13 Å². The van der Waals surface area contributed by atoms with E-state index in [1.807, 2.05) is 17.5 Å². The van der Waals surface area contributed by atoms with Crippen LogP contribution in [0.4, 0.5) is 20.9 Å². The third-order valence-corrected chi connectivity index (χ3v) is 6.15. The SMILES string of the molecule is O=S(=O)(Nc1ccc(Nc2nc(-c3ccncc3)cs2)cc1)c1ccc(F)cc1. The average Bonchev–Trinajstić information content (AvgIpc) is 3.19. The van der Waals surface area contributed by atoms with E-state index in [1.165, 1.54) is 23.5 Å². The van der Waals surface area contributed by atoms with Gasteiger partial charge in [0.2, 0.25) is 0 Å². The molecule has 0 radical (unpaired) electrons. The quantitative estimate of drug-likeness (QED) is 0.459. The van der Waals surface area contributed by atoms with Crippen molar-refractivity contribution < 1.29 is 12.8 Å². The van der Waals surface area contributed by atoms with Gasteiger partial charge in [0.05, 0.1) is 10.6 Å². The van der Waals surface area contributed by atoms with E-state index in [9.17, 15) is 12.8 Å². The van der Waals surface area contributed by atoms with E-state index in [-0.39, 0.29) is 4.90 Å². The van der Waals surface area contributed by atoms with Crippen molar-refractivity contribution in [2.45, 2.75) is 4.90 Å². The highest BCUT2D eigenvalue weighted by Crippen LogP contribution is 2.27. The lowest BCUT2D eigenvalue weighted by Gasteiger charge is -2.09. The first-order valence-corrected chi connectivity index (χ1v) is 10.9. The van der Waals surface area contributed by atoms with E-state index < -0.39 is 15.8 Å². The van der Waals surface area contributed by atoms with Crippen molar-refractivity contribution in [2.75, 3.05) is 10.0 Å². The minimum Gasteiger partial charge on any atom is -0.332 e. The smallest absolute Gasteiger partial charge is 0.261 e. The van der Waals surface area contributed by atoms with Crippen LogP contribution in [-0.2, 0) is 10.0 Å². The zero-order chi connectivity index (χ0) is 20.3. The van der Waals surface area contributed by atoms with E-state index in [0.717, 1.165) is 34.2 Å². The van der Waals surface area contributed by atoms with E-state index in [2.05, 4.69) is 20.0 Å². The Hall–Kier alpha value is -3.30. The lowest BCUT2D eigenvalue weighted by molar-refractivity contribution is 0.599. The highest BCUT2D eigenvalue weighted by atomic mass is 32.2. The summed E-state index contributed by atoms with van der Waals surface area (Å²) in [6.45, 7) is 0. The zero-order valence-electron chi connectivity index (χ0n) is 14.9. The Kier molecular flexibility index (Phi) is 5.24. The Labute approximate surface area is 171 Å². The predicted octanol–water partition coefficient (Wildman–Crippen LogP) is 4.89. The number of hydrogen-bond acceptors (Lipinski definition) is 6. The van der Waals surface area contributed by atoms with E-state index >= 15 is 0 Å². The topological polar surface area (TPSA) is 84.0 Å². The van der Waals surface area contributed by atoms with Crippen molar-refractivity contribution in [2.24, 2.45) is 0 Å². The van der Waals surface area contributed by atoms with Crippen molar-refractivity contribution in [3.8, 4) is 11.3 Å². The predicted molar refractivity (Wildman–Crippen MR) is 112 cm³/mol. The number of anilines is 3. The van der Waals surface area contributed by atoms with Crippen molar-refractivity contribution in [3.05, 3.63) is 84.3 Å². The molecular formula is C20H15FN4O2S2. The number of nitrogens with zero attached hydrogens (tertiary/aromatic N) is 2. The highest BCUT2D eigenvalue weighted by Gasteiger charge is 2.14. The summed E-state index contributed by atoms with van der Waals surface area (Å²) >= 11 is 1.47. The number of hydrogen-bond donors (Lipinski definition) is 2. The van der Waals surface area contributed by atoms with Crippen LogP contribution in [0.25, 0.3) is 11.3 Å². The molecule has 2 aromatic heterocycles. The van der Waals surface area contributed by atoms with Crippen LogP contribution in [0.15, 0.2) is 83.3 Å². The minimum absolute atomic E-state index is 0.00692. The van der Waals surface area contributed by atoms with Gasteiger partial charge in [0.1, 0.15) is 5.82 Å². The van der Waals surface area contributed by atoms with Gasteiger partial charge in [-0.3, -0.25) is 9.71 Å². The largest absolute Gasteiger partial charge is 0.332 e. The molecule has 2 aromatic carbocycles. The number of nitrogens with one attached hydrogen (secondary N) is 2. The Balaban J connectivity index is 1.44. The fourth-order valence-electron chi connectivity index (χ4n) is 2.56. The zero-order valence-corrected chi connectivity index (χ0v) is 16.5. The molecule has 0 bridgehead atoms. The first-order chi connectivity index (χ1) is 14.0. The summed E-state index contributed by atoms with van der Waals surface area (Å²) in [5.41, 5.74) is 3.00. The molecule has 146 valence electrons. The maximum atomic E-state index is 13.0. The highest BCUT2D eigenvalue weighted by molar-refractivity contribution is 7.92. The van der Waals surface area contributed by atoms with E-state index in [4.69, 9.17) is 0 Å². The van der Waals surface area contributed by atoms with Gasteiger partial charge in [-0.1, -0.05) is 0 Å². The molecule has 4 rings (SSSR count). The van der Waals surface area contributed by atoms with Crippen LogP contribution in [-0.4, -0.2) is 18.4 Å². The molecule has 4 aromatic rings. The molecule has 9 heteroatoms. The van der Waals surface area contributed by atoms with Gasteiger partial charge in [0, 0.05) is 34.7 Å². The fourth-order valence-corrected chi connectivity index (χ4v) is 4.36. The summed E-state index contributed by atoms with van der Waals surface area (Å²) in [5, 5.41) is 5.86. The third-order valence-electron chi connectivity index (χ3n) is 3.99. The molecule has 0 atom stereocenters. The Morgan fingerprint density at radius 3 is 2.21 bits per heavy atom. The number of halogens is 1. The number of pyridine rings is 1. The maximum absolute atomic E-state index is 13.0. The number of benzene rings is 2. The maximum Gasteiger partial charge on any atom is 0.261 e. The van der Waals surface area contributed by atoms with Crippen molar-refractivity contribution in [3.63, 3.8) is 0 Å². The summed E-state index contributed by atoms with van der Waals surface area (Å²) in [7, 11) is -3.78. The van der Waals surface area contributed by atoms with Crippen molar-refractivity contribution in [1.82, 2.24) is 9.97 Å². The lowest BCUT2D eigenvalue weighted by atomic mass is 10.2. The molecule has 0 aliphatic heterocycles. The summed E-state index contributed by atoms with van der Waals surface area (Å²) in [6.07, 6.45) is 3.43. The average molecular weight is 426 g/mol. The summed E-state index contributed by atoms with van der Waals surface area (Å²) in [6, 6.07) is 15.2. The lowest BCUT2D eigenvalue weighted by Crippen LogP contribution is -2.12. The van der Waals surface area contributed by atoms with Crippen LogP contribution < -0.4 is 10.0 Å². The second-order valence-corrected chi connectivity index (χ2v) is 8.58. The second-order valence-electron chi connectivity index (χ2n) is 6.04. The first kappa shape index (κ1) is 19.0. The van der Waals surface area contributed by atoms with Crippen LogP contribution >= 0.6 is 11.3 Å². The van der Waals surface area contributed by atoms with Crippen LogP contribution in [0.2, 0.25) is 0 Å². The van der Waals surface area contributed by atoms with Gasteiger partial charge in [-0.05, 0) is 60.7 Å². The molecule has 0 unspecified atom stereocenters. The van der Waals surface area contributed by atoms with Crippen LogP contribution in [0.1, 0.15) is 0 Å². The standard InChI is InChI=1S/C20H15FN4O2S2/c21-15-1-7-18(8-2-15)29(26,27)25-17-5-3-16(4-6-17)23-20-24-19(13-28-20)14-9-11-22-12-10-14/h1-13,25H,(H,23,24). The van der Waals surface area contributed by atoms with Gasteiger partial charge in [-0.15, -0.1) is 11.3 Å². The Bertz CT molecular complexity index is 1210. The van der Waals surface area contributed by atoms with E-state index in [1.54, 1.807) is 36.7 Å². The summed E-state index contributed by atoms with van der Waals surface area (Å²) in [4.78, 5) is 8.53. The van der Waals surface area contributed by atoms with Crippen molar-refractivity contribution in [1.29, 1.82) is 0 Å². The molecule has 0 saturated heterocycles. The summed E-state index contributed by atoms with van der Waals surface area (Å²) in [5.74, 6) is -0.492. The molecule has 0 saturated carbocycles. The van der Waals surface area contributed by atoms with Gasteiger partial charge in [0.25, 0.3) is 10.0 Å². The molecule has 2 N–H and O–H groups in total. The molecule has 2 heterocycles. The Morgan fingerprint density at radius 1 is 0.862 bits per heavy atom. The minimum atomic E-state index is -3.78. The van der Waals surface area contributed by atoms with E-state index in [0.29, 0.717) is 5.69 Å². The summed E-state index contributed by atoms with van der Waals surface area (Å²) < 4.78 is 40.2. The van der Waals surface area contributed by atoms with Gasteiger partial charge >= 0.3 is 0 Å². The van der Waals surface area contributed by atoms with Crippen LogP contribution in [0.3, 0.4) is 0 Å². The monoisotopic (exact) mass is 426 g/mol. The molecule has 0 spiro atoms. The second kappa shape index (κ2) is 7.98. The van der Waals surface area contributed by atoms with Gasteiger partial charge < -0.3 is 5.32 Å². The number of aromatic nitrogens is 2. The molecular weight excluding hydrogens is 411 g/mol. The van der Waals surface area contributed by atoms with Crippen molar-refractivity contribution >= 4 is 37.9 Å². The normalized spacial score (nSPS) is 11.2. The molecule has 0 amide bonds. The Morgan fingerprint density at radius 2 is 1.52 bits per heavy atom. The number of rotatable bonds is 6. The first-order valence-electron chi connectivity index (χ1n) is 8.51. The molecule has 0 fully saturated rings. The number of sulfonamides is 1. The van der Waals surface area contributed by atoms with Gasteiger partial charge in [-0.2, -0.15) is 0 Å². The molecule has 6 nitrogen and oxygen atoms in total. The molecule has 0 aliphatic carbocycles. The molecule has 29 heavy (non-hydrogen) atoms. The third kappa shape index (κ3) is 4.58. The fraction of sp³-hybridized carbons (Fsp3) is 0. The van der Waals surface area contributed by atoms with Crippen LogP contribution in [0.5, 0.6) is 0 Å². The van der Waals surface area contributed by atoms with Crippen LogP contribution in [0, 0.1) is 5.82 Å². The molecule has 0 aliphatic rings. The van der Waals surface area contributed by atoms with Gasteiger partial charge in [-0.25, -0.2) is 17.8 Å².